The van der Waals surface area contributed by atoms with Crippen LogP contribution in [0.5, 0.6) is 0 Å². The van der Waals surface area contributed by atoms with Crippen LogP contribution in [0, 0.1) is 6.92 Å². The number of carbonyl (C=O) groups is 1. The van der Waals surface area contributed by atoms with E-state index in [0.29, 0.717) is 17.6 Å². The molecular formula is C14H20ClN3O. The molecule has 1 aliphatic rings. The molecule has 1 unspecified atom stereocenters. The highest BCUT2D eigenvalue weighted by molar-refractivity contribution is 6.30. The third-order valence-corrected chi connectivity index (χ3v) is 3.52. The van der Waals surface area contributed by atoms with Gasteiger partial charge in [0.25, 0.3) is 0 Å². The summed E-state index contributed by atoms with van der Waals surface area (Å²) >= 11 is 5.90. The molecule has 1 saturated heterocycles. The number of hydrogen-bond donors (Lipinski definition) is 2. The van der Waals surface area contributed by atoms with E-state index in [-0.39, 0.29) is 5.91 Å². The molecule has 0 aromatic heterocycles. The smallest absolute Gasteiger partial charge is 0.238 e. The normalized spacial score (nSPS) is 20.3. The number of halogens is 1. The first-order valence-corrected chi connectivity index (χ1v) is 6.94. The summed E-state index contributed by atoms with van der Waals surface area (Å²) in [4.78, 5) is 14.2. The van der Waals surface area contributed by atoms with E-state index < -0.39 is 0 Å². The molecule has 2 rings (SSSR count). The maximum Gasteiger partial charge on any atom is 0.238 e. The van der Waals surface area contributed by atoms with Gasteiger partial charge < -0.3 is 10.6 Å². The van der Waals surface area contributed by atoms with Crippen LogP contribution in [-0.2, 0) is 4.79 Å². The summed E-state index contributed by atoms with van der Waals surface area (Å²) in [5.41, 5.74) is 1.81. The van der Waals surface area contributed by atoms with Gasteiger partial charge in [0, 0.05) is 36.4 Å². The maximum atomic E-state index is 12.0. The minimum Gasteiger partial charge on any atom is -0.325 e. The van der Waals surface area contributed by atoms with Crippen LogP contribution in [0.2, 0.25) is 5.02 Å². The molecule has 0 aliphatic carbocycles. The Morgan fingerprint density at radius 1 is 1.58 bits per heavy atom. The molecule has 1 fully saturated rings. The van der Waals surface area contributed by atoms with Crippen LogP contribution in [0.1, 0.15) is 12.5 Å². The third-order valence-electron chi connectivity index (χ3n) is 3.28. The van der Waals surface area contributed by atoms with E-state index >= 15 is 0 Å². The van der Waals surface area contributed by atoms with Crippen molar-refractivity contribution >= 4 is 23.2 Å². The Hall–Kier alpha value is -1.10. The van der Waals surface area contributed by atoms with Gasteiger partial charge in [-0.2, -0.15) is 0 Å². The van der Waals surface area contributed by atoms with Crippen molar-refractivity contribution in [3.8, 4) is 0 Å². The molecule has 1 aromatic rings. The predicted molar refractivity (Wildman–Crippen MR) is 78.7 cm³/mol. The Labute approximate surface area is 119 Å². The van der Waals surface area contributed by atoms with Crippen LogP contribution >= 0.6 is 11.6 Å². The number of benzene rings is 1. The molecule has 4 nitrogen and oxygen atoms in total. The van der Waals surface area contributed by atoms with Crippen molar-refractivity contribution in [1.29, 1.82) is 0 Å². The summed E-state index contributed by atoms with van der Waals surface area (Å²) < 4.78 is 0. The lowest BCUT2D eigenvalue weighted by molar-refractivity contribution is -0.117. The van der Waals surface area contributed by atoms with Gasteiger partial charge in [0.05, 0.1) is 6.54 Å². The monoisotopic (exact) mass is 281 g/mol. The lowest BCUT2D eigenvalue weighted by atomic mass is 10.2. The van der Waals surface area contributed by atoms with E-state index in [4.69, 9.17) is 11.6 Å². The van der Waals surface area contributed by atoms with Crippen molar-refractivity contribution in [3.63, 3.8) is 0 Å². The molecule has 0 bridgehead atoms. The second-order valence-electron chi connectivity index (χ2n) is 5.10. The average molecular weight is 282 g/mol. The summed E-state index contributed by atoms with van der Waals surface area (Å²) in [6.45, 7) is 7.27. The number of nitrogens with zero attached hydrogens (tertiary/aromatic N) is 1. The minimum absolute atomic E-state index is 0.0273. The molecule has 1 heterocycles. The largest absolute Gasteiger partial charge is 0.325 e. The quantitative estimate of drug-likeness (QED) is 0.889. The summed E-state index contributed by atoms with van der Waals surface area (Å²) in [7, 11) is 0. The SMILES string of the molecule is Cc1cc(Cl)ccc1NC(=O)CN1CCNC(C)C1. The molecular weight excluding hydrogens is 262 g/mol. The van der Waals surface area contributed by atoms with Crippen LogP contribution < -0.4 is 10.6 Å². The van der Waals surface area contributed by atoms with Crippen LogP contribution in [0.3, 0.4) is 0 Å². The Kier molecular flexibility index (Phi) is 4.80. The Morgan fingerprint density at radius 2 is 2.37 bits per heavy atom. The highest BCUT2D eigenvalue weighted by Gasteiger charge is 2.18. The van der Waals surface area contributed by atoms with Crippen molar-refractivity contribution in [2.24, 2.45) is 0 Å². The number of anilines is 1. The van der Waals surface area contributed by atoms with Crippen LogP contribution in [0.15, 0.2) is 18.2 Å². The van der Waals surface area contributed by atoms with E-state index in [9.17, 15) is 4.79 Å². The zero-order valence-corrected chi connectivity index (χ0v) is 12.1. The van der Waals surface area contributed by atoms with E-state index in [0.717, 1.165) is 30.9 Å². The fourth-order valence-corrected chi connectivity index (χ4v) is 2.54. The molecule has 0 saturated carbocycles. The Balaban J connectivity index is 1.90. The molecule has 19 heavy (non-hydrogen) atoms. The molecule has 1 atom stereocenters. The van der Waals surface area contributed by atoms with Gasteiger partial charge in [-0.05, 0) is 37.6 Å². The van der Waals surface area contributed by atoms with Crippen molar-refractivity contribution in [3.05, 3.63) is 28.8 Å². The fourth-order valence-electron chi connectivity index (χ4n) is 2.32. The molecule has 2 N–H and O–H groups in total. The topological polar surface area (TPSA) is 44.4 Å². The van der Waals surface area contributed by atoms with Crippen molar-refractivity contribution in [2.45, 2.75) is 19.9 Å². The number of nitrogens with one attached hydrogen (secondary N) is 2. The molecule has 1 aromatic carbocycles. The Morgan fingerprint density at radius 3 is 3.05 bits per heavy atom. The number of piperazine rings is 1. The van der Waals surface area contributed by atoms with Crippen molar-refractivity contribution in [1.82, 2.24) is 10.2 Å². The molecule has 0 spiro atoms. The van der Waals surface area contributed by atoms with Gasteiger partial charge in [-0.25, -0.2) is 0 Å². The van der Waals surface area contributed by atoms with Crippen molar-refractivity contribution < 1.29 is 4.79 Å². The molecule has 1 amide bonds. The summed E-state index contributed by atoms with van der Waals surface area (Å²) in [5, 5.41) is 6.99. The van der Waals surface area contributed by atoms with E-state index in [1.54, 1.807) is 6.07 Å². The highest BCUT2D eigenvalue weighted by Crippen LogP contribution is 2.19. The van der Waals surface area contributed by atoms with Crippen LogP contribution in [-0.4, -0.2) is 43.0 Å². The summed E-state index contributed by atoms with van der Waals surface area (Å²) in [6, 6.07) is 5.93. The third kappa shape index (κ3) is 4.20. The number of aryl methyl sites for hydroxylation is 1. The minimum atomic E-state index is 0.0273. The lowest BCUT2D eigenvalue weighted by Gasteiger charge is -2.31. The van der Waals surface area contributed by atoms with Gasteiger partial charge >= 0.3 is 0 Å². The molecule has 0 radical (unpaired) electrons. The van der Waals surface area contributed by atoms with Gasteiger partial charge in [-0.15, -0.1) is 0 Å². The Bertz CT molecular complexity index is 464. The van der Waals surface area contributed by atoms with E-state index in [1.807, 2.05) is 19.1 Å². The van der Waals surface area contributed by atoms with Gasteiger partial charge in [-0.3, -0.25) is 9.69 Å². The van der Waals surface area contributed by atoms with E-state index in [1.165, 1.54) is 0 Å². The van der Waals surface area contributed by atoms with E-state index in [2.05, 4.69) is 22.5 Å². The number of hydrogen-bond acceptors (Lipinski definition) is 3. The van der Waals surface area contributed by atoms with Gasteiger partial charge in [0.15, 0.2) is 0 Å². The second kappa shape index (κ2) is 6.37. The predicted octanol–water partition coefficient (Wildman–Crippen LogP) is 1.88. The maximum absolute atomic E-state index is 12.0. The first kappa shape index (κ1) is 14.3. The van der Waals surface area contributed by atoms with Crippen LogP contribution in [0.4, 0.5) is 5.69 Å². The first-order valence-electron chi connectivity index (χ1n) is 6.56. The molecule has 1 aliphatic heterocycles. The average Bonchev–Trinajstić information content (AvgIpc) is 2.33. The van der Waals surface area contributed by atoms with Gasteiger partial charge in [0.1, 0.15) is 0 Å². The zero-order chi connectivity index (χ0) is 13.8. The number of carbonyl (C=O) groups excluding carboxylic acids is 1. The van der Waals surface area contributed by atoms with Gasteiger partial charge in [0.2, 0.25) is 5.91 Å². The molecule has 5 heteroatoms. The van der Waals surface area contributed by atoms with Gasteiger partial charge in [-0.1, -0.05) is 11.6 Å². The van der Waals surface area contributed by atoms with Crippen molar-refractivity contribution in [2.75, 3.05) is 31.5 Å². The molecule has 104 valence electrons. The van der Waals surface area contributed by atoms with Crippen LogP contribution in [0.25, 0.3) is 0 Å². The number of rotatable bonds is 3. The highest BCUT2D eigenvalue weighted by atomic mass is 35.5. The summed E-state index contributed by atoms with van der Waals surface area (Å²) in [5.74, 6) is 0.0273. The standard InChI is InChI=1S/C14H20ClN3O/c1-10-7-12(15)3-4-13(10)17-14(19)9-18-6-5-16-11(2)8-18/h3-4,7,11,16H,5-6,8-9H2,1-2H3,(H,17,19). The lowest BCUT2D eigenvalue weighted by Crippen LogP contribution is -2.51. The number of amides is 1. The summed E-state index contributed by atoms with van der Waals surface area (Å²) in [6.07, 6.45) is 0. The second-order valence-corrected chi connectivity index (χ2v) is 5.53. The fraction of sp³-hybridized carbons (Fsp3) is 0.500. The first-order chi connectivity index (χ1) is 9.04. The zero-order valence-electron chi connectivity index (χ0n) is 11.4.